The minimum atomic E-state index is 0.833. The zero-order valence-corrected chi connectivity index (χ0v) is 10.00. The highest BCUT2D eigenvalue weighted by Gasteiger charge is 1.94. The van der Waals surface area contributed by atoms with Crippen LogP contribution in [-0.4, -0.2) is 10.9 Å². The highest BCUT2D eigenvalue weighted by molar-refractivity contribution is 7.99. The second kappa shape index (κ2) is 5.56. The molecule has 1 N–H and O–H groups in total. The van der Waals surface area contributed by atoms with E-state index in [0.29, 0.717) is 0 Å². The molecule has 0 fully saturated rings. The number of hydrogen-bond donors (Lipinski definition) is 1. The van der Waals surface area contributed by atoms with Gasteiger partial charge in [-0.3, -0.25) is 0 Å². The van der Waals surface area contributed by atoms with Crippen LogP contribution in [0.25, 0.3) is 0 Å². The molecule has 0 bridgehead atoms. The Morgan fingerprint density at radius 1 is 1.12 bits per heavy atom. The van der Waals surface area contributed by atoms with E-state index in [0.717, 1.165) is 11.7 Å². The van der Waals surface area contributed by atoms with E-state index in [4.69, 9.17) is 0 Å². The van der Waals surface area contributed by atoms with Gasteiger partial charge in [-0.15, -0.1) is 11.8 Å². The van der Waals surface area contributed by atoms with Crippen molar-refractivity contribution in [3.8, 4) is 0 Å². The van der Waals surface area contributed by atoms with Gasteiger partial charge in [0.1, 0.15) is 5.82 Å². The lowest BCUT2D eigenvalue weighted by molar-refractivity contribution is 1.27. The molecule has 0 atom stereocenters. The number of aromatic nitrogens is 1. The molecule has 0 radical (unpaired) electrons. The van der Waals surface area contributed by atoms with E-state index < -0.39 is 0 Å². The van der Waals surface area contributed by atoms with Gasteiger partial charge in [-0.25, -0.2) is 4.98 Å². The Morgan fingerprint density at radius 3 is 2.62 bits per heavy atom. The molecule has 82 valence electrons. The van der Waals surface area contributed by atoms with Crippen LogP contribution in [0.15, 0.2) is 53.6 Å². The molecule has 2 nitrogen and oxygen atoms in total. The quantitative estimate of drug-likeness (QED) is 0.642. The average molecular weight is 230 g/mol. The van der Waals surface area contributed by atoms with Crippen molar-refractivity contribution in [3.05, 3.63) is 54.2 Å². The van der Waals surface area contributed by atoms with Crippen molar-refractivity contribution in [2.45, 2.75) is 11.8 Å². The maximum absolute atomic E-state index is 4.20. The Hall–Kier alpha value is -1.48. The first-order chi connectivity index (χ1) is 7.84. The topological polar surface area (TPSA) is 24.9 Å². The molecule has 3 heteroatoms. The number of thioether (sulfide) groups is 1. The molecule has 0 saturated carbocycles. The summed E-state index contributed by atoms with van der Waals surface area (Å²) in [5, 5.41) is 3.26. The lowest BCUT2D eigenvalue weighted by atomic mass is 10.2. The van der Waals surface area contributed by atoms with Gasteiger partial charge in [0.05, 0.1) is 5.88 Å². The molecule has 0 aliphatic rings. The first-order valence-corrected chi connectivity index (χ1v) is 6.17. The molecule has 0 saturated heterocycles. The van der Waals surface area contributed by atoms with Crippen LogP contribution in [0.3, 0.4) is 0 Å². The summed E-state index contributed by atoms with van der Waals surface area (Å²) in [6.07, 6.45) is 1.79. The van der Waals surface area contributed by atoms with Crippen molar-refractivity contribution in [2.75, 3.05) is 11.2 Å². The van der Waals surface area contributed by atoms with Gasteiger partial charge in [-0.05, 0) is 31.2 Å². The van der Waals surface area contributed by atoms with Gasteiger partial charge in [-0.1, -0.05) is 23.8 Å². The van der Waals surface area contributed by atoms with Crippen molar-refractivity contribution >= 4 is 17.6 Å². The predicted molar refractivity (Wildman–Crippen MR) is 69.8 cm³/mol. The molecule has 1 aromatic carbocycles. The van der Waals surface area contributed by atoms with Crippen molar-refractivity contribution in [1.29, 1.82) is 0 Å². The Balaban J connectivity index is 1.82. The second-order valence-corrected chi connectivity index (χ2v) is 4.54. The molecule has 2 aromatic rings. The smallest absolute Gasteiger partial charge is 0.126 e. The number of benzene rings is 1. The van der Waals surface area contributed by atoms with E-state index >= 15 is 0 Å². The molecule has 16 heavy (non-hydrogen) atoms. The molecule has 0 spiro atoms. The molecular formula is C13H14N2S. The third-order valence-corrected chi connectivity index (χ3v) is 3.07. The van der Waals surface area contributed by atoms with Crippen molar-refractivity contribution in [1.82, 2.24) is 4.98 Å². The van der Waals surface area contributed by atoms with E-state index in [-0.39, 0.29) is 0 Å². The number of nitrogens with one attached hydrogen (secondary N) is 1. The molecular weight excluding hydrogens is 216 g/mol. The van der Waals surface area contributed by atoms with Crippen LogP contribution in [-0.2, 0) is 0 Å². The summed E-state index contributed by atoms with van der Waals surface area (Å²) >= 11 is 1.77. The van der Waals surface area contributed by atoms with Crippen molar-refractivity contribution in [2.24, 2.45) is 0 Å². The standard InChI is InChI=1S/C13H14N2S/c1-11-5-7-12(8-6-11)16-10-15-13-4-2-3-9-14-13/h2-9H,10H2,1H3,(H,14,15). The summed E-state index contributed by atoms with van der Waals surface area (Å²) in [4.78, 5) is 5.47. The second-order valence-electron chi connectivity index (χ2n) is 3.49. The van der Waals surface area contributed by atoms with Gasteiger partial charge in [0.2, 0.25) is 0 Å². The fourth-order valence-corrected chi connectivity index (χ4v) is 2.01. The summed E-state index contributed by atoms with van der Waals surface area (Å²) in [6.45, 7) is 2.10. The largest absolute Gasteiger partial charge is 0.361 e. The number of anilines is 1. The summed E-state index contributed by atoms with van der Waals surface area (Å²) in [5.74, 6) is 1.75. The summed E-state index contributed by atoms with van der Waals surface area (Å²) < 4.78 is 0. The monoisotopic (exact) mass is 230 g/mol. The third-order valence-electron chi connectivity index (χ3n) is 2.18. The summed E-state index contributed by atoms with van der Waals surface area (Å²) in [6, 6.07) is 14.4. The molecule has 1 aromatic heterocycles. The number of aryl methyl sites for hydroxylation is 1. The van der Waals surface area contributed by atoms with Gasteiger partial charge in [0.25, 0.3) is 0 Å². The SMILES string of the molecule is Cc1ccc(SCNc2ccccn2)cc1. The van der Waals surface area contributed by atoms with Crippen LogP contribution >= 0.6 is 11.8 Å². The van der Waals surface area contributed by atoms with Crippen LogP contribution in [0, 0.1) is 6.92 Å². The van der Waals surface area contributed by atoms with Gasteiger partial charge in [0.15, 0.2) is 0 Å². The van der Waals surface area contributed by atoms with Crippen LogP contribution in [0.2, 0.25) is 0 Å². The average Bonchev–Trinajstić information content (AvgIpc) is 2.33. The normalized spacial score (nSPS) is 10.1. The van der Waals surface area contributed by atoms with E-state index in [2.05, 4.69) is 41.5 Å². The van der Waals surface area contributed by atoms with Crippen LogP contribution in [0.5, 0.6) is 0 Å². The van der Waals surface area contributed by atoms with E-state index in [1.165, 1.54) is 10.5 Å². The van der Waals surface area contributed by atoms with Crippen LogP contribution < -0.4 is 5.32 Å². The van der Waals surface area contributed by atoms with Crippen molar-refractivity contribution in [3.63, 3.8) is 0 Å². The maximum Gasteiger partial charge on any atom is 0.126 e. The first kappa shape index (κ1) is 11.0. The minimum absolute atomic E-state index is 0.833. The Morgan fingerprint density at radius 2 is 1.94 bits per heavy atom. The number of pyridine rings is 1. The zero-order chi connectivity index (χ0) is 11.2. The number of nitrogens with zero attached hydrogens (tertiary/aromatic N) is 1. The lowest BCUT2D eigenvalue weighted by Crippen LogP contribution is -1.98. The van der Waals surface area contributed by atoms with E-state index in [1.807, 2.05) is 18.2 Å². The van der Waals surface area contributed by atoms with Gasteiger partial charge >= 0.3 is 0 Å². The highest BCUT2D eigenvalue weighted by Crippen LogP contribution is 2.18. The molecule has 1 heterocycles. The lowest BCUT2D eigenvalue weighted by Gasteiger charge is -2.05. The zero-order valence-electron chi connectivity index (χ0n) is 9.18. The first-order valence-electron chi connectivity index (χ1n) is 5.19. The molecule has 0 amide bonds. The summed E-state index contributed by atoms with van der Waals surface area (Å²) in [5.41, 5.74) is 1.29. The minimum Gasteiger partial charge on any atom is -0.361 e. The molecule has 0 aliphatic heterocycles. The molecule has 2 rings (SSSR count). The van der Waals surface area contributed by atoms with Gasteiger partial charge in [-0.2, -0.15) is 0 Å². The van der Waals surface area contributed by atoms with Crippen LogP contribution in [0.4, 0.5) is 5.82 Å². The Labute approximate surface area is 100 Å². The number of hydrogen-bond acceptors (Lipinski definition) is 3. The van der Waals surface area contributed by atoms with Gasteiger partial charge < -0.3 is 5.32 Å². The number of rotatable bonds is 4. The van der Waals surface area contributed by atoms with E-state index in [9.17, 15) is 0 Å². The fourth-order valence-electron chi connectivity index (χ4n) is 1.30. The molecule has 0 aliphatic carbocycles. The molecule has 0 unspecified atom stereocenters. The van der Waals surface area contributed by atoms with E-state index in [1.54, 1.807) is 18.0 Å². The Kier molecular flexibility index (Phi) is 3.83. The highest BCUT2D eigenvalue weighted by atomic mass is 32.2. The fraction of sp³-hybridized carbons (Fsp3) is 0.154. The third kappa shape index (κ3) is 3.28. The predicted octanol–water partition coefficient (Wildman–Crippen LogP) is 3.55. The Bertz CT molecular complexity index is 425. The van der Waals surface area contributed by atoms with Gasteiger partial charge in [0, 0.05) is 11.1 Å². The summed E-state index contributed by atoms with van der Waals surface area (Å²) in [7, 11) is 0. The van der Waals surface area contributed by atoms with Crippen molar-refractivity contribution < 1.29 is 0 Å². The van der Waals surface area contributed by atoms with Crippen LogP contribution in [0.1, 0.15) is 5.56 Å². The maximum atomic E-state index is 4.20.